The predicted molar refractivity (Wildman–Crippen MR) is 397 cm³/mol. The summed E-state index contributed by atoms with van der Waals surface area (Å²) in [7, 11) is 7.26. The lowest BCUT2D eigenvalue weighted by atomic mass is 9.80. The maximum atomic E-state index is 13.9. The minimum atomic E-state index is -0.537. The number of carbonyl (C=O) groups is 2. The van der Waals surface area contributed by atoms with E-state index in [0.29, 0.717) is 29.6 Å². The summed E-state index contributed by atoms with van der Waals surface area (Å²) < 4.78 is 21.1. The lowest BCUT2D eigenvalue weighted by Gasteiger charge is -2.33. The number of amides is 2. The molecule has 0 bridgehead atoms. The molecule has 98 heavy (non-hydrogen) atoms. The molecule has 0 saturated carbocycles. The maximum Gasteiger partial charge on any atom is 0.496 e. The van der Waals surface area contributed by atoms with Gasteiger partial charge in [-0.25, -0.2) is 9.97 Å². The van der Waals surface area contributed by atoms with Crippen molar-refractivity contribution in [3.05, 3.63) is 180 Å². The van der Waals surface area contributed by atoms with Crippen molar-refractivity contribution in [2.75, 3.05) is 110 Å². The average Bonchev–Trinajstić information content (AvgIpc) is 1.56. The third kappa shape index (κ3) is 13.8. The van der Waals surface area contributed by atoms with Gasteiger partial charge in [-0.3, -0.25) is 19.2 Å². The van der Waals surface area contributed by atoms with Crippen LogP contribution in [0, 0.1) is 0 Å². The largest absolute Gasteiger partial charge is 0.496 e. The van der Waals surface area contributed by atoms with Crippen molar-refractivity contribution < 1.29 is 18.9 Å². The molecule has 2 amide bonds. The maximum absolute atomic E-state index is 13.9. The van der Waals surface area contributed by atoms with Crippen LogP contribution >= 0.6 is 15.9 Å². The van der Waals surface area contributed by atoms with Gasteiger partial charge in [0.2, 0.25) is 0 Å². The smallest absolute Gasteiger partial charge is 0.399 e. The molecule has 8 aromatic rings. The Hall–Kier alpha value is -8.28. The molecule has 3 saturated heterocycles. The number of nitrogens with zero attached hydrogens (tertiary/aromatic N) is 12. The second kappa shape index (κ2) is 28.5. The molecule has 3 fully saturated rings. The van der Waals surface area contributed by atoms with Gasteiger partial charge in [-0.1, -0.05) is 48.0 Å². The van der Waals surface area contributed by atoms with Gasteiger partial charge in [0, 0.05) is 143 Å². The number of fused-ring (bicyclic) bond motifs is 6. The van der Waals surface area contributed by atoms with Crippen molar-refractivity contribution in [2.24, 2.45) is 14.1 Å². The Labute approximate surface area is 584 Å². The highest BCUT2D eigenvalue weighted by atomic mass is 79.9. The predicted octanol–water partition coefficient (Wildman–Crippen LogP) is 10.8. The Bertz CT molecular complexity index is 4370. The van der Waals surface area contributed by atoms with Gasteiger partial charge in [-0.05, 0) is 201 Å². The van der Waals surface area contributed by atoms with E-state index in [2.05, 4.69) is 136 Å². The molecule has 15 rings (SSSR count). The highest BCUT2D eigenvalue weighted by Gasteiger charge is 2.52. The summed E-state index contributed by atoms with van der Waals surface area (Å²) in [5.74, 6) is 1.48. The molecule has 20 nitrogen and oxygen atoms in total. The number of hydrogen-bond donors (Lipinski definition) is 2. The molecule has 0 unspecified atom stereocenters. The van der Waals surface area contributed by atoms with E-state index < -0.39 is 18.3 Å². The highest BCUT2D eigenvalue weighted by molar-refractivity contribution is 9.10. The summed E-state index contributed by atoms with van der Waals surface area (Å²) in [6.07, 6.45) is 18.3. The summed E-state index contributed by atoms with van der Waals surface area (Å²) in [5.41, 5.74) is 16.2. The highest BCUT2D eigenvalue weighted by Crippen LogP contribution is 2.39. The molecule has 2 aromatic carbocycles. The van der Waals surface area contributed by atoms with Crippen LogP contribution < -0.4 is 46.8 Å². The first-order valence-corrected chi connectivity index (χ1v) is 36.0. The number of aryl methyl sites for hydroxylation is 4. The van der Waals surface area contributed by atoms with E-state index in [9.17, 15) is 19.2 Å². The number of piperazine rings is 2. The second-order valence-electron chi connectivity index (χ2n) is 28.3. The van der Waals surface area contributed by atoms with E-state index in [1.165, 1.54) is 53.8 Å². The zero-order valence-electron chi connectivity index (χ0n) is 58.7. The van der Waals surface area contributed by atoms with E-state index in [1.54, 1.807) is 35.5 Å². The number of nitrogens with one attached hydrogen (secondary N) is 2. The van der Waals surface area contributed by atoms with Gasteiger partial charge in [0.25, 0.3) is 22.9 Å². The van der Waals surface area contributed by atoms with Crippen LogP contribution in [0.3, 0.4) is 0 Å². The van der Waals surface area contributed by atoms with Crippen LogP contribution in [0.15, 0.2) is 124 Å². The number of likely N-dealkylation sites (N-methyl/N-ethyl adjacent to an activating group) is 2. The molecule has 11 heterocycles. The van der Waals surface area contributed by atoms with Crippen molar-refractivity contribution in [1.29, 1.82) is 0 Å². The SMILES string of the molecule is CCc1c(-c2cc(Nc3ccc(N4CCN(C)CC4)cn3)c(=O)n(C)c2)cccc1N1CCn2c(cc3c2CCCC3)C1=O.CCc1c(Br)cccc1N1CCn2c(cc3c2CCCC3)C1=O.CN1CCN(c2ccc(Nc3cc(B4OC(C)(C)C(C)(C)O4)cn(C)c3=O)nc2)CC1. The first kappa shape index (κ1) is 68.3. The van der Waals surface area contributed by atoms with Crippen LogP contribution in [-0.4, -0.2) is 148 Å². The van der Waals surface area contributed by atoms with Gasteiger partial charge in [0.15, 0.2) is 0 Å². The molecule has 5 aliphatic heterocycles. The number of aromatic nitrogens is 6. The lowest BCUT2D eigenvalue weighted by molar-refractivity contribution is 0.00578. The van der Waals surface area contributed by atoms with Gasteiger partial charge in [-0.2, -0.15) is 0 Å². The van der Waals surface area contributed by atoms with Crippen molar-refractivity contribution in [1.82, 2.24) is 38.0 Å². The van der Waals surface area contributed by atoms with Gasteiger partial charge in [0.1, 0.15) is 34.4 Å². The van der Waals surface area contributed by atoms with Gasteiger partial charge in [-0.15, -0.1) is 0 Å². The molecule has 2 aliphatic carbocycles. The monoisotopic (exact) mass is 1390 g/mol. The van der Waals surface area contributed by atoms with Crippen molar-refractivity contribution in [3.63, 3.8) is 0 Å². The van der Waals surface area contributed by atoms with E-state index in [-0.39, 0.29) is 22.9 Å². The van der Waals surface area contributed by atoms with E-state index >= 15 is 0 Å². The molecule has 2 N–H and O–H groups in total. The topological polar surface area (TPSA) is 176 Å². The Morgan fingerprint density at radius 3 is 1.46 bits per heavy atom. The first-order chi connectivity index (χ1) is 47.2. The summed E-state index contributed by atoms with van der Waals surface area (Å²) in [6, 6.07) is 28.3. The number of pyridine rings is 4. The number of halogens is 1. The fraction of sp³-hybridized carbons (Fsp3) is 0.447. The molecular weight excluding hydrogens is 1300 g/mol. The zero-order valence-corrected chi connectivity index (χ0v) is 60.3. The number of anilines is 8. The number of hydrogen-bond acceptors (Lipinski definition) is 14. The molecule has 22 heteroatoms. The average molecular weight is 1390 g/mol. The van der Waals surface area contributed by atoms with E-state index in [4.69, 9.17) is 9.31 Å². The van der Waals surface area contributed by atoms with Crippen molar-refractivity contribution in [2.45, 2.75) is 130 Å². The second-order valence-corrected chi connectivity index (χ2v) is 29.1. The number of rotatable bonds is 12. The number of benzene rings is 2. The molecule has 0 spiro atoms. The molecule has 0 atom stereocenters. The van der Waals surface area contributed by atoms with Crippen LogP contribution in [0.25, 0.3) is 11.1 Å². The lowest BCUT2D eigenvalue weighted by Crippen LogP contribution is -2.44. The van der Waals surface area contributed by atoms with E-state index in [0.717, 1.165) is 171 Å². The van der Waals surface area contributed by atoms with Crippen molar-refractivity contribution in [3.8, 4) is 11.1 Å². The Morgan fingerprint density at radius 2 is 0.980 bits per heavy atom. The quantitative estimate of drug-likeness (QED) is 0.111. The Kier molecular flexibility index (Phi) is 19.9. The van der Waals surface area contributed by atoms with Crippen molar-refractivity contribution >= 4 is 86.1 Å². The molecule has 0 radical (unpaired) electrons. The summed E-state index contributed by atoms with van der Waals surface area (Å²) >= 11 is 3.63. The van der Waals surface area contributed by atoms with E-state index in [1.807, 2.05) is 92.5 Å². The minimum Gasteiger partial charge on any atom is -0.399 e. The van der Waals surface area contributed by atoms with Crippen LogP contribution in [0.1, 0.15) is 122 Å². The van der Waals surface area contributed by atoms with Crippen LogP contribution in [0.4, 0.5) is 45.8 Å². The van der Waals surface area contributed by atoms with Crippen LogP contribution in [0.2, 0.25) is 0 Å². The summed E-state index contributed by atoms with van der Waals surface area (Å²) in [4.78, 5) is 75.3. The standard InChI is InChI=1S/C35H41N7O2.C22H32BN5O3.C19H21BrN2O/c1-4-27-28(9-7-11-31(27)42-19-18-41-30-10-6-5-8-24(30)21-32(41)35(42)44)25-20-29(34(43)39(3)23-25)37-33-13-12-26(22-36-33)40-16-14-38(2)15-17-40;1-21(2)22(3,4)31-23(30-21)16-13-18(20(29)27(6)15-16)25-19-8-7-17(14-24-19)28-11-9-26(5)10-12-28;1-2-14-15(20)7-5-9-17(14)22-11-10-21-16-8-4-3-6-13(16)12-18(21)19(22)23/h7,9,11-13,20-23H,4-6,8,10,14-19H2,1-3H3,(H,36,37);7-8,13-15H,9-12H2,1-6H3,(H,24,25);5,7,9,12H,2-4,6,8,10-11H2,1H3. The van der Waals surface area contributed by atoms with Gasteiger partial charge < -0.3 is 67.6 Å². The number of carbonyl (C=O) groups excluding carboxylic acids is 2. The van der Waals surface area contributed by atoms with Crippen LogP contribution in [-0.2, 0) is 75.0 Å². The first-order valence-electron chi connectivity index (χ1n) is 35.2. The van der Waals surface area contributed by atoms with Crippen LogP contribution in [0.5, 0.6) is 0 Å². The molecule has 514 valence electrons. The normalized spacial score (nSPS) is 18.3. The fourth-order valence-electron chi connectivity index (χ4n) is 14.9. The van der Waals surface area contributed by atoms with Gasteiger partial charge >= 0.3 is 7.12 Å². The zero-order chi connectivity index (χ0) is 68.7. The third-order valence-electron chi connectivity index (χ3n) is 21.4. The van der Waals surface area contributed by atoms with Gasteiger partial charge in [0.05, 0.1) is 35.0 Å². The fourth-order valence-corrected chi connectivity index (χ4v) is 15.6. The minimum absolute atomic E-state index is 0.0754. The Morgan fingerprint density at radius 1 is 0.520 bits per heavy atom. The Balaban J connectivity index is 0.000000140. The third-order valence-corrected chi connectivity index (χ3v) is 22.1. The molecular formula is C76H94BBrN14O6. The molecule has 7 aliphatic rings. The summed E-state index contributed by atoms with van der Waals surface area (Å²) in [5, 5.41) is 6.45. The summed E-state index contributed by atoms with van der Waals surface area (Å²) in [6.45, 7) is 23.5. The molecule has 6 aromatic heterocycles.